The summed E-state index contributed by atoms with van der Waals surface area (Å²) in [5.74, 6) is -2.43. The second-order valence-electron chi connectivity index (χ2n) is 4.11. The first-order valence-electron chi connectivity index (χ1n) is 5.70. The van der Waals surface area contributed by atoms with Crippen LogP contribution in [0.5, 0.6) is 11.6 Å². The summed E-state index contributed by atoms with van der Waals surface area (Å²) >= 11 is 0. The summed E-state index contributed by atoms with van der Waals surface area (Å²) in [6.07, 6.45) is 1.23. The molecule has 0 atom stereocenters. The molecule has 21 heavy (non-hydrogen) atoms. The zero-order valence-corrected chi connectivity index (χ0v) is 10.7. The van der Waals surface area contributed by atoms with Crippen LogP contribution in [0, 0.1) is 22.9 Å². The van der Waals surface area contributed by atoms with Gasteiger partial charge in [0.15, 0.2) is 0 Å². The van der Waals surface area contributed by atoms with E-state index < -0.39 is 22.3 Å². The van der Waals surface area contributed by atoms with E-state index in [1.165, 1.54) is 13.1 Å². The van der Waals surface area contributed by atoms with E-state index in [0.717, 1.165) is 24.3 Å². The van der Waals surface area contributed by atoms with Crippen molar-refractivity contribution in [2.75, 3.05) is 0 Å². The van der Waals surface area contributed by atoms with Crippen molar-refractivity contribution in [2.24, 2.45) is 0 Å². The number of nitrogens with zero attached hydrogens (tertiary/aromatic N) is 2. The lowest BCUT2D eigenvalue weighted by Crippen LogP contribution is -2.02. The average Bonchev–Trinajstić information content (AvgIpc) is 2.42. The van der Waals surface area contributed by atoms with E-state index in [2.05, 4.69) is 4.98 Å². The number of carboxylic acid groups (broad SMARTS) is 1. The number of carboxylic acids is 1. The van der Waals surface area contributed by atoms with E-state index in [9.17, 15) is 19.3 Å². The van der Waals surface area contributed by atoms with Gasteiger partial charge in [-0.15, -0.1) is 0 Å². The van der Waals surface area contributed by atoms with Gasteiger partial charge in [0.05, 0.1) is 11.0 Å². The summed E-state index contributed by atoms with van der Waals surface area (Å²) in [4.78, 5) is 25.1. The van der Waals surface area contributed by atoms with Gasteiger partial charge in [0.1, 0.15) is 17.1 Å². The molecule has 7 nitrogen and oxygen atoms in total. The first-order valence-corrected chi connectivity index (χ1v) is 5.70. The topological polar surface area (TPSA) is 103 Å². The number of halogens is 1. The molecule has 1 aromatic heterocycles. The van der Waals surface area contributed by atoms with Crippen LogP contribution in [-0.4, -0.2) is 21.0 Å². The van der Waals surface area contributed by atoms with Crippen molar-refractivity contribution >= 4 is 11.7 Å². The van der Waals surface area contributed by atoms with E-state index in [-0.39, 0.29) is 17.3 Å². The molecule has 0 bridgehead atoms. The predicted molar refractivity (Wildman–Crippen MR) is 69.1 cm³/mol. The molecule has 1 heterocycles. The third-order valence-electron chi connectivity index (χ3n) is 2.63. The Balaban J connectivity index is 2.41. The number of hydrogen-bond acceptors (Lipinski definition) is 5. The predicted octanol–water partition coefficient (Wildman–Crippen LogP) is 2.93. The Hall–Kier alpha value is -3.03. The zero-order chi connectivity index (χ0) is 15.6. The smallest absolute Gasteiger partial charge is 0.339 e. The van der Waals surface area contributed by atoms with Crippen LogP contribution in [0.3, 0.4) is 0 Å². The summed E-state index contributed by atoms with van der Waals surface area (Å²) in [5, 5.41) is 19.8. The van der Waals surface area contributed by atoms with E-state index >= 15 is 0 Å². The fourth-order valence-corrected chi connectivity index (χ4v) is 1.62. The summed E-state index contributed by atoms with van der Waals surface area (Å²) in [5.41, 5.74) is -0.274. The summed E-state index contributed by atoms with van der Waals surface area (Å²) in [6, 6.07) is 4.00. The van der Waals surface area contributed by atoms with Crippen LogP contribution in [0.15, 0.2) is 30.5 Å². The lowest BCUT2D eigenvalue weighted by Gasteiger charge is -2.08. The van der Waals surface area contributed by atoms with E-state index in [1.807, 2.05) is 0 Å². The van der Waals surface area contributed by atoms with Gasteiger partial charge >= 0.3 is 5.97 Å². The molecule has 0 unspecified atom stereocenters. The van der Waals surface area contributed by atoms with E-state index in [0.29, 0.717) is 5.56 Å². The quantitative estimate of drug-likeness (QED) is 0.686. The lowest BCUT2D eigenvalue weighted by atomic mass is 10.2. The maximum Gasteiger partial charge on any atom is 0.339 e. The fourth-order valence-electron chi connectivity index (χ4n) is 1.62. The largest absolute Gasteiger partial charge is 0.478 e. The van der Waals surface area contributed by atoms with Crippen molar-refractivity contribution in [3.05, 3.63) is 57.5 Å². The Morgan fingerprint density at radius 3 is 2.76 bits per heavy atom. The molecule has 0 aliphatic carbocycles. The molecule has 1 aromatic carbocycles. The number of rotatable bonds is 4. The van der Waals surface area contributed by atoms with Gasteiger partial charge < -0.3 is 9.84 Å². The molecule has 8 heteroatoms. The maximum absolute atomic E-state index is 13.0. The first-order chi connectivity index (χ1) is 9.88. The average molecular weight is 292 g/mol. The number of aryl methyl sites for hydroxylation is 1. The highest BCUT2D eigenvalue weighted by molar-refractivity contribution is 5.91. The zero-order valence-electron chi connectivity index (χ0n) is 10.7. The van der Waals surface area contributed by atoms with Crippen molar-refractivity contribution in [2.45, 2.75) is 6.92 Å². The van der Waals surface area contributed by atoms with Crippen LogP contribution in [0.25, 0.3) is 0 Å². The van der Waals surface area contributed by atoms with E-state index in [4.69, 9.17) is 9.84 Å². The third kappa shape index (κ3) is 3.11. The number of hydrogen-bond donors (Lipinski definition) is 1. The Labute approximate surface area is 117 Å². The fraction of sp³-hybridized carbons (Fsp3) is 0.0769. The normalized spacial score (nSPS) is 10.2. The van der Waals surface area contributed by atoms with Crippen LogP contribution < -0.4 is 4.74 Å². The molecule has 0 aliphatic heterocycles. The summed E-state index contributed by atoms with van der Waals surface area (Å²) in [6.45, 7) is 1.51. The van der Waals surface area contributed by atoms with Crippen LogP contribution in [-0.2, 0) is 0 Å². The lowest BCUT2D eigenvalue weighted by molar-refractivity contribution is -0.385. The Morgan fingerprint density at radius 2 is 2.14 bits per heavy atom. The van der Waals surface area contributed by atoms with Gasteiger partial charge in [0.25, 0.3) is 5.69 Å². The molecule has 0 amide bonds. The number of benzene rings is 1. The molecule has 0 radical (unpaired) electrons. The minimum atomic E-state index is -1.38. The minimum absolute atomic E-state index is 0.151. The molecule has 0 fully saturated rings. The van der Waals surface area contributed by atoms with Gasteiger partial charge in [0, 0.05) is 11.8 Å². The number of carbonyl (C=O) groups is 1. The van der Waals surface area contributed by atoms with Gasteiger partial charge in [-0.3, -0.25) is 10.1 Å². The van der Waals surface area contributed by atoms with Crippen LogP contribution in [0.4, 0.5) is 10.1 Å². The molecule has 1 N–H and O–H groups in total. The molecule has 0 spiro atoms. The van der Waals surface area contributed by atoms with Crippen molar-refractivity contribution in [1.82, 2.24) is 4.98 Å². The van der Waals surface area contributed by atoms with Crippen LogP contribution >= 0.6 is 0 Å². The SMILES string of the molecule is Cc1cnc(Oc2ccc(F)cc2C(=O)O)cc1[N+](=O)[O-]. The molecule has 0 saturated carbocycles. The monoisotopic (exact) mass is 292 g/mol. The number of pyridine rings is 1. The minimum Gasteiger partial charge on any atom is -0.478 e. The van der Waals surface area contributed by atoms with Gasteiger partial charge in [0.2, 0.25) is 5.88 Å². The van der Waals surface area contributed by atoms with Gasteiger partial charge in [-0.25, -0.2) is 14.2 Å². The molecular formula is C13H9FN2O5. The number of aromatic carboxylic acids is 1. The molecular weight excluding hydrogens is 283 g/mol. The standard InChI is InChI=1S/C13H9FN2O5/c1-7-6-15-12(5-10(7)16(19)20)21-11-3-2-8(14)4-9(11)13(17)18/h2-6H,1H3,(H,17,18). The van der Waals surface area contributed by atoms with E-state index in [1.54, 1.807) is 0 Å². The van der Waals surface area contributed by atoms with Gasteiger partial charge in [-0.2, -0.15) is 0 Å². The Morgan fingerprint density at radius 1 is 1.43 bits per heavy atom. The maximum atomic E-state index is 13.0. The molecule has 108 valence electrons. The molecule has 0 aliphatic rings. The van der Waals surface area contributed by atoms with Crippen molar-refractivity contribution in [3.63, 3.8) is 0 Å². The Bertz CT molecular complexity index is 732. The molecule has 0 saturated heterocycles. The highest BCUT2D eigenvalue weighted by Gasteiger charge is 2.17. The molecule has 2 rings (SSSR count). The summed E-state index contributed by atoms with van der Waals surface area (Å²) < 4.78 is 18.3. The molecule has 2 aromatic rings. The third-order valence-corrected chi connectivity index (χ3v) is 2.63. The number of aromatic nitrogens is 1. The highest BCUT2D eigenvalue weighted by Crippen LogP contribution is 2.28. The first kappa shape index (κ1) is 14.4. The van der Waals surface area contributed by atoms with Gasteiger partial charge in [-0.05, 0) is 25.1 Å². The van der Waals surface area contributed by atoms with Crippen molar-refractivity contribution in [1.29, 1.82) is 0 Å². The second-order valence-corrected chi connectivity index (χ2v) is 4.11. The van der Waals surface area contributed by atoms with Crippen LogP contribution in [0.2, 0.25) is 0 Å². The van der Waals surface area contributed by atoms with Crippen molar-refractivity contribution in [3.8, 4) is 11.6 Å². The highest BCUT2D eigenvalue weighted by atomic mass is 19.1. The van der Waals surface area contributed by atoms with Gasteiger partial charge in [-0.1, -0.05) is 0 Å². The Kier molecular flexibility index (Phi) is 3.79. The van der Waals surface area contributed by atoms with Crippen molar-refractivity contribution < 1.29 is 24.0 Å². The number of nitro groups is 1. The number of ether oxygens (including phenoxy) is 1. The van der Waals surface area contributed by atoms with Crippen LogP contribution in [0.1, 0.15) is 15.9 Å². The second kappa shape index (κ2) is 5.53. The summed E-state index contributed by atoms with van der Waals surface area (Å²) in [7, 11) is 0.